The van der Waals surface area contributed by atoms with Crippen molar-refractivity contribution in [3.63, 3.8) is 0 Å². The Balaban J connectivity index is 1.17. The molecule has 2 atom stereocenters. The molecular weight excluding hydrogens is 600 g/mol. The molecule has 0 spiro atoms. The lowest BCUT2D eigenvalue weighted by atomic mass is 9.89. The molecule has 2 aliphatic carbocycles. The highest BCUT2D eigenvalue weighted by Crippen LogP contribution is 2.51. The first kappa shape index (κ1) is 31.8. The summed E-state index contributed by atoms with van der Waals surface area (Å²) in [4.78, 5) is 40.2. The summed E-state index contributed by atoms with van der Waals surface area (Å²) in [5, 5.41) is 14.7. The number of nitrogens with zero attached hydrogens (tertiary/aromatic N) is 4. The average molecular weight is 641 g/mol. The van der Waals surface area contributed by atoms with Crippen LogP contribution in [-0.2, 0) is 22.7 Å². The molecule has 2 saturated carbocycles. The number of ether oxygens (including phenoxy) is 3. The van der Waals surface area contributed by atoms with Crippen LogP contribution in [0.5, 0.6) is 11.6 Å². The third-order valence-electron chi connectivity index (χ3n) is 8.88. The molecular formula is C35H40N6O6. The maximum atomic E-state index is 13.8. The quantitative estimate of drug-likeness (QED) is 0.201. The van der Waals surface area contributed by atoms with E-state index in [1.54, 1.807) is 24.1 Å². The van der Waals surface area contributed by atoms with Gasteiger partial charge in [0, 0.05) is 17.8 Å². The predicted octanol–water partition coefficient (Wildman–Crippen LogP) is 4.78. The van der Waals surface area contributed by atoms with Gasteiger partial charge in [0.05, 0.1) is 38.7 Å². The summed E-state index contributed by atoms with van der Waals surface area (Å²) in [6, 6.07) is 17.2. The number of alkyl carbamates (subject to hydrolysis) is 1. The van der Waals surface area contributed by atoms with Crippen LogP contribution in [-0.4, -0.2) is 51.8 Å². The molecule has 0 saturated heterocycles. The Hall–Kier alpha value is -5.13. The molecule has 47 heavy (non-hydrogen) atoms. The number of rotatable bonds is 14. The summed E-state index contributed by atoms with van der Waals surface area (Å²) < 4.78 is 19.1. The summed E-state index contributed by atoms with van der Waals surface area (Å²) >= 11 is 0. The van der Waals surface area contributed by atoms with Gasteiger partial charge in [-0.2, -0.15) is 5.10 Å². The van der Waals surface area contributed by atoms with Gasteiger partial charge < -0.3 is 24.8 Å². The van der Waals surface area contributed by atoms with Crippen LogP contribution in [0.2, 0.25) is 0 Å². The van der Waals surface area contributed by atoms with Crippen molar-refractivity contribution in [2.24, 2.45) is 17.8 Å². The minimum atomic E-state index is -0.742. The highest BCUT2D eigenvalue weighted by molar-refractivity contribution is 5.96. The van der Waals surface area contributed by atoms with E-state index in [0.717, 1.165) is 42.6 Å². The minimum absolute atomic E-state index is 0.0432. The molecule has 2 heterocycles. The van der Waals surface area contributed by atoms with E-state index in [2.05, 4.69) is 20.8 Å². The van der Waals surface area contributed by atoms with Crippen LogP contribution in [0.4, 0.5) is 10.5 Å². The van der Waals surface area contributed by atoms with Gasteiger partial charge in [-0.3, -0.25) is 14.3 Å². The molecule has 0 bridgehead atoms. The fraction of sp³-hybridized carbons (Fsp3) is 0.400. The molecule has 246 valence electrons. The van der Waals surface area contributed by atoms with Crippen molar-refractivity contribution in [3.8, 4) is 11.6 Å². The number of anilines is 1. The van der Waals surface area contributed by atoms with E-state index >= 15 is 0 Å². The van der Waals surface area contributed by atoms with Crippen LogP contribution in [0.15, 0.2) is 77.9 Å². The number of nitrogens with one attached hydrogen (secondary N) is 2. The van der Waals surface area contributed by atoms with Crippen molar-refractivity contribution in [3.05, 3.63) is 100 Å². The number of amides is 2. The number of carbonyl (C=O) groups is 2. The van der Waals surface area contributed by atoms with Crippen LogP contribution in [0, 0.1) is 17.8 Å². The van der Waals surface area contributed by atoms with E-state index < -0.39 is 18.2 Å². The fourth-order valence-electron chi connectivity index (χ4n) is 6.04. The fourth-order valence-corrected chi connectivity index (χ4v) is 6.04. The van der Waals surface area contributed by atoms with Crippen molar-refractivity contribution in [1.29, 1.82) is 0 Å². The predicted molar refractivity (Wildman–Crippen MR) is 174 cm³/mol. The molecule has 2 amide bonds. The lowest BCUT2D eigenvalue weighted by Gasteiger charge is -2.27. The number of hydrogen-bond donors (Lipinski definition) is 2. The molecule has 12 heteroatoms. The largest absolute Gasteiger partial charge is 0.497 e. The molecule has 2 N–H and O–H groups in total. The van der Waals surface area contributed by atoms with Gasteiger partial charge in [-0.15, -0.1) is 5.10 Å². The number of carbonyl (C=O) groups excluding carboxylic acids is 2. The summed E-state index contributed by atoms with van der Waals surface area (Å²) in [6.45, 7) is 2.20. The monoisotopic (exact) mass is 640 g/mol. The highest BCUT2D eigenvalue weighted by Gasteiger charge is 2.48. The van der Waals surface area contributed by atoms with Crippen molar-refractivity contribution >= 4 is 17.7 Å². The molecule has 0 aliphatic heterocycles. The molecule has 2 fully saturated rings. The summed E-state index contributed by atoms with van der Waals surface area (Å²) in [5.41, 5.74) is 2.33. The van der Waals surface area contributed by atoms with E-state index in [0.29, 0.717) is 29.0 Å². The first-order chi connectivity index (χ1) is 22.8. The molecule has 2 aliphatic rings. The summed E-state index contributed by atoms with van der Waals surface area (Å²) in [6.07, 6.45) is 6.79. The SMILES string of the molecule is COc1ccc(Cn2nc(OC)cc(C(C)n3cc(NC(=O)[C@@H](NC(=O)OCc4ccccc4)C(C4CC4)C4CC4)cn3)c2=O)cc1. The van der Waals surface area contributed by atoms with E-state index in [9.17, 15) is 14.4 Å². The highest BCUT2D eigenvalue weighted by atomic mass is 16.5. The van der Waals surface area contributed by atoms with Crippen molar-refractivity contribution in [2.45, 2.75) is 57.8 Å². The van der Waals surface area contributed by atoms with Gasteiger partial charge in [0.1, 0.15) is 18.4 Å². The van der Waals surface area contributed by atoms with Crippen LogP contribution < -0.4 is 25.7 Å². The number of methoxy groups -OCH3 is 2. The smallest absolute Gasteiger partial charge is 0.408 e. The molecule has 4 aromatic rings. The van der Waals surface area contributed by atoms with Gasteiger partial charge in [0.15, 0.2) is 0 Å². The average Bonchev–Trinajstić information content (AvgIpc) is 4.04. The lowest BCUT2D eigenvalue weighted by molar-refractivity contribution is -0.119. The van der Waals surface area contributed by atoms with Crippen molar-refractivity contribution in [1.82, 2.24) is 24.9 Å². The molecule has 12 nitrogen and oxygen atoms in total. The molecule has 6 rings (SSSR count). The van der Waals surface area contributed by atoms with E-state index in [-0.39, 0.29) is 30.5 Å². The molecule has 2 aromatic carbocycles. The van der Waals surface area contributed by atoms with E-state index in [4.69, 9.17) is 14.2 Å². The summed E-state index contributed by atoms with van der Waals surface area (Å²) in [7, 11) is 3.10. The zero-order valence-electron chi connectivity index (χ0n) is 26.8. The van der Waals surface area contributed by atoms with Gasteiger partial charge in [-0.1, -0.05) is 42.5 Å². The Kier molecular flexibility index (Phi) is 9.55. The van der Waals surface area contributed by atoms with Gasteiger partial charge >= 0.3 is 6.09 Å². The lowest BCUT2D eigenvalue weighted by Crippen LogP contribution is -2.50. The Bertz CT molecular complexity index is 1730. The third kappa shape index (κ3) is 7.82. The molecule has 2 aromatic heterocycles. The maximum Gasteiger partial charge on any atom is 0.408 e. The maximum absolute atomic E-state index is 13.8. The van der Waals surface area contributed by atoms with Crippen LogP contribution in [0.1, 0.15) is 55.3 Å². The molecule has 0 radical (unpaired) electrons. The van der Waals surface area contributed by atoms with Crippen molar-refractivity contribution < 1.29 is 23.8 Å². The Morgan fingerprint density at radius 3 is 2.30 bits per heavy atom. The van der Waals surface area contributed by atoms with Gasteiger partial charge in [0.2, 0.25) is 11.8 Å². The first-order valence-electron chi connectivity index (χ1n) is 15.9. The van der Waals surface area contributed by atoms with Gasteiger partial charge in [-0.25, -0.2) is 9.48 Å². The van der Waals surface area contributed by atoms with Crippen LogP contribution in [0.3, 0.4) is 0 Å². The Morgan fingerprint density at radius 2 is 1.66 bits per heavy atom. The Labute approximate surface area is 273 Å². The van der Waals surface area contributed by atoms with Crippen molar-refractivity contribution in [2.75, 3.05) is 19.5 Å². The second-order valence-electron chi connectivity index (χ2n) is 12.3. The second-order valence-corrected chi connectivity index (χ2v) is 12.3. The summed E-state index contributed by atoms with van der Waals surface area (Å²) in [5.74, 6) is 1.54. The number of aromatic nitrogens is 4. The number of benzene rings is 2. The third-order valence-corrected chi connectivity index (χ3v) is 8.88. The van der Waals surface area contributed by atoms with Gasteiger partial charge in [-0.05, 0) is 73.6 Å². The van der Waals surface area contributed by atoms with Gasteiger partial charge in [0.25, 0.3) is 5.56 Å². The number of hydrogen-bond acceptors (Lipinski definition) is 8. The minimum Gasteiger partial charge on any atom is -0.497 e. The Morgan fingerprint density at radius 1 is 0.957 bits per heavy atom. The zero-order chi connectivity index (χ0) is 32.9. The first-order valence-corrected chi connectivity index (χ1v) is 15.9. The molecule has 1 unspecified atom stereocenters. The normalized spacial score (nSPS) is 15.5. The standard InChI is InChI=1S/C35H40N6O6/c1-22(29-17-30(46-3)39-41(34(29)43)19-23-9-15-28(45-2)16-10-23)40-20-27(18-36-40)37-33(42)32(31(25-11-12-25)26-13-14-26)38-35(44)47-21-24-7-5-4-6-8-24/h4-10,15-18,20,22,25-26,31-32H,11-14,19,21H2,1-3H3,(H,37,42)(H,38,44)/t22?,32-/m0/s1. The van der Waals surface area contributed by atoms with Crippen LogP contribution >= 0.6 is 0 Å². The van der Waals surface area contributed by atoms with E-state index in [1.165, 1.54) is 18.0 Å². The second kappa shape index (κ2) is 14.1. The zero-order valence-corrected chi connectivity index (χ0v) is 26.8. The topological polar surface area (TPSA) is 139 Å². The van der Waals surface area contributed by atoms with E-state index in [1.807, 2.05) is 61.5 Å². The van der Waals surface area contributed by atoms with Crippen LogP contribution in [0.25, 0.3) is 0 Å².